The van der Waals surface area contributed by atoms with E-state index in [2.05, 4.69) is 0 Å². The van der Waals surface area contributed by atoms with Crippen LogP contribution < -0.4 is 0 Å². The molecule has 3 heteroatoms. The largest absolute Gasteiger partial charge is 0.381 e. The summed E-state index contributed by atoms with van der Waals surface area (Å²) in [5, 5.41) is 0. The second kappa shape index (κ2) is 16.8. The summed E-state index contributed by atoms with van der Waals surface area (Å²) in [6, 6.07) is 12.0. The predicted molar refractivity (Wildman–Crippen MR) is 74.8 cm³/mol. The Morgan fingerprint density at radius 2 is 1.00 bits per heavy atom. The van der Waals surface area contributed by atoms with Crippen molar-refractivity contribution in [3.8, 4) is 0 Å². The zero-order valence-corrected chi connectivity index (χ0v) is 12.4. The first kappa shape index (κ1) is 20.2. The first-order chi connectivity index (χ1) is 8.00. The second-order valence-electron chi connectivity index (χ2n) is 3.44. The van der Waals surface area contributed by atoms with Gasteiger partial charge in [0.05, 0.1) is 0 Å². The average Bonchev–Trinajstić information content (AvgIpc) is 3.10. The van der Waals surface area contributed by atoms with Gasteiger partial charge in [-0.3, -0.25) is 0 Å². The van der Waals surface area contributed by atoms with Gasteiger partial charge in [-0.1, -0.05) is 60.7 Å². The van der Waals surface area contributed by atoms with Crippen molar-refractivity contribution in [2.45, 2.75) is 12.8 Å². The Morgan fingerprint density at radius 1 is 0.611 bits per heavy atom. The van der Waals surface area contributed by atoms with E-state index in [1.54, 1.807) is 0 Å². The molecule has 0 amide bonds. The molecule has 1 fully saturated rings. The van der Waals surface area contributed by atoms with Crippen LogP contribution in [-0.2, 0) is 23.3 Å². The van der Waals surface area contributed by atoms with Crippen molar-refractivity contribution in [1.82, 2.24) is 0 Å². The minimum Gasteiger partial charge on any atom is -0.381 e. The molecular formula is C15H19LiOV. The Labute approximate surface area is 135 Å². The van der Waals surface area contributed by atoms with Gasteiger partial charge in [-0.2, -0.15) is 0 Å². The Morgan fingerprint density at radius 3 is 1.17 bits per heavy atom. The van der Waals surface area contributed by atoms with Crippen LogP contribution in [0.4, 0.5) is 0 Å². The van der Waals surface area contributed by atoms with E-state index >= 15 is 0 Å². The standard InChI is InChI=1S/C6H6.C5H5.C4H8O.Li.V/c1-2-4-6-5-3-1;2*1-2-4-5-3-1;;/h1-6H;1-5H;1-4H2;;. The minimum absolute atomic E-state index is 0. The van der Waals surface area contributed by atoms with Crippen molar-refractivity contribution in [3.05, 3.63) is 67.1 Å². The summed E-state index contributed by atoms with van der Waals surface area (Å²) >= 11 is 0. The van der Waals surface area contributed by atoms with Crippen LogP contribution in [0.15, 0.2) is 60.7 Å². The SMILES string of the molecule is C1CCOC1.[CH]1C=CC=C1.[Li].[V].c1ccccc1. The monoisotopic (exact) mass is 273 g/mol. The van der Waals surface area contributed by atoms with Crippen molar-refractivity contribution in [2.24, 2.45) is 0 Å². The number of allylic oxidation sites excluding steroid dienone is 4. The van der Waals surface area contributed by atoms with Gasteiger partial charge in [0, 0.05) is 57.1 Å². The first-order valence-electron chi connectivity index (χ1n) is 5.74. The van der Waals surface area contributed by atoms with Crippen LogP contribution in [0, 0.1) is 6.42 Å². The smallest absolute Gasteiger partial charge is 0.0466 e. The molecule has 1 aromatic rings. The number of hydrogen-bond donors (Lipinski definition) is 0. The van der Waals surface area contributed by atoms with Crippen molar-refractivity contribution in [1.29, 1.82) is 0 Å². The molecule has 91 valence electrons. The van der Waals surface area contributed by atoms with Gasteiger partial charge in [0.2, 0.25) is 0 Å². The molecule has 0 aromatic heterocycles. The van der Waals surface area contributed by atoms with E-state index < -0.39 is 0 Å². The third kappa shape index (κ3) is 13.9. The van der Waals surface area contributed by atoms with Crippen molar-refractivity contribution >= 4 is 18.9 Å². The molecule has 1 saturated heterocycles. The van der Waals surface area contributed by atoms with E-state index in [9.17, 15) is 0 Å². The first-order valence-corrected chi connectivity index (χ1v) is 5.74. The van der Waals surface area contributed by atoms with E-state index in [0.29, 0.717) is 0 Å². The number of benzene rings is 1. The van der Waals surface area contributed by atoms with Crippen LogP contribution >= 0.6 is 0 Å². The molecule has 3 rings (SSSR count). The van der Waals surface area contributed by atoms with E-state index in [4.69, 9.17) is 4.74 Å². The molecule has 1 nitrogen and oxygen atoms in total. The summed E-state index contributed by atoms with van der Waals surface area (Å²) < 4.78 is 4.94. The van der Waals surface area contributed by atoms with E-state index in [-0.39, 0.29) is 37.4 Å². The predicted octanol–water partition coefficient (Wildman–Crippen LogP) is 3.42. The van der Waals surface area contributed by atoms with E-state index in [1.165, 1.54) is 12.8 Å². The Hall–Kier alpha value is -0.158. The van der Waals surface area contributed by atoms with Gasteiger partial charge in [-0.05, 0) is 12.8 Å². The molecular weight excluding hydrogens is 254 g/mol. The number of rotatable bonds is 0. The summed E-state index contributed by atoms with van der Waals surface area (Å²) in [5.41, 5.74) is 0. The molecule has 1 aliphatic heterocycles. The van der Waals surface area contributed by atoms with Crippen molar-refractivity contribution in [2.75, 3.05) is 13.2 Å². The molecule has 0 spiro atoms. The fourth-order valence-corrected chi connectivity index (χ4v) is 1.22. The Kier molecular flexibility index (Phi) is 18.9. The average molecular weight is 273 g/mol. The molecule has 0 unspecified atom stereocenters. The van der Waals surface area contributed by atoms with Crippen LogP contribution in [0.1, 0.15) is 12.8 Å². The quantitative estimate of drug-likeness (QED) is 0.658. The maximum atomic E-state index is 4.94. The molecule has 0 bridgehead atoms. The zero-order valence-electron chi connectivity index (χ0n) is 11.0. The molecule has 1 aromatic carbocycles. The van der Waals surface area contributed by atoms with Gasteiger partial charge in [0.25, 0.3) is 0 Å². The third-order valence-electron chi connectivity index (χ3n) is 2.05. The maximum absolute atomic E-state index is 4.94. The Balaban J connectivity index is 0. The second-order valence-corrected chi connectivity index (χ2v) is 3.44. The molecule has 3 radical (unpaired) electrons. The fraction of sp³-hybridized carbons (Fsp3) is 0.267. The molecule has 0 atom stereocenters. The van der Waals surface area contributed by atoms with Crippen molar-refractivity contribution < 1.29 is 23.3 Å². The van der Waals surface area contributed by atoms with Gasteiger partial charge < -0.3 is 4.74 Å². The zero-order chi connectivity index (χ0) is 11.3. The summed E-state index contributed by atoms with van der Waals surface area (Å²) in [6.07, 6.45) is 12.6. The van der Waals surface area contributed by atoms with Crippen LogP contribution in [-0.4, -0.2) is 32.1 Å². The summed E-state index contributed by atoms with van der Waals surface area (Å²) in [7, 11) is 0. The van der Waals surface area contributed by atoms with Crippen molar-refractivity contribution in [3.63, 3.8) is 0 Å². The number of hydrogen-bond acceptors (Lipinski definition) is 1. The molecule has 0 saturated carbocycles. The third-order valence-corrected chi connectivity index (χ3v) is 2.05. The van der Waals surface area contributed by atoms with Crippen LogP contribution in [0.3, 0.4) is 0 Å². The minimum atomic E-state index is 0. The van der Waals surface area contributed by atoms with Gasteiger partial charge in [-0.15, -0.1) is 0 Å². The molecule has 0 N–H and O–H groups in total. The van der Waals surface area contributed by atoms with E-state index in [1.807, 2.05) is 67.1 Å². The molecule has 2 aliphatic rings. The van der Waals surface area contributed by atoms with Gasteiger partial charge in [-0.25, -0.2) is 0 Å². The van der Waals surface area contributed by atoms with Crippen LogP contribution in [0.25, 0.3) is 0 Å². The molecule has 18 heavy (non-hydrogen) atoms. The Bertz CT molecular complexity index is 250. The van der Waals surface area contributed by atoms with E-state index in [0.717, 1.165) is 13.2 Å². The maximum Gasteiger partial charge on any atom is 0.0466 e. The molecule has 1 aliphatic carbocycles. The van der Waals surface area contributed by atoms with Crippen LogP contribution in [0.5, 0.6) is 0 Å². The fourth-order valence-electron chi connectivity index (χ4n) is 1.22. The topological polar surface area (TPSA) is 9.23 Å². The van der Waals surface area contributed by atoms with Gasteiger partial charge in [0.15, 0.2) is 0 Å². The van der Waals surface area contributed by atoms with Gasteiger partial charge in [0.1, 0.15) is 0 Å². The normalized spacial score (nSPS) is 14.2. The number of ether oxygens (including phenoxy) is 1. The molecule has 1 heterocycles. The summed E-state index contributed by atoms with van der Waals surface area (Å²) in [6.45, 7) is 2.00. The van der Waals surface area contributed by atoms with Crippen LogP contribution in [0.2, 0.25) is 0 Å². The van der Waals surface area contributed by atoms with Gasteiger partial charge >= 0.3 is 0 Å². The summed E-state index contributed by atoms with van der Waals surface area (Å²) in [4.78, 5) is 0. The summed E-state index contributed by atoms with van der Waals surface area (Å²) in [5.74, 6) is 0.